The molecule has 0 aliphatic rings. The number of halogens is 2. The summed E-state index contributed by atoms with van der Waals surface area (Å²) in [6, 6.07) is 0. The predicted octanol–water partition coefficient (Wildman–Crippen LogP) is 0.979. The van der Waals surface area contributed by atoms with Crippen molar-refractivity contribution in [3.05, 3.63) is 0 Å². The van der Waals surface area contributed by atoms with Crippen molar-refractivity contribution in [3.8, 4) is 11.8 Å². The SMILES string of the molecule is O=C(C#CC(=O)OCCOCCI)OCCOCCI. The number of hydrogen-bond acceptors (Lipinski definition) is 6. The molecule has 0 atom stereocenters. The van der Waals surface area contributed by atoms with E-state index in [-0.39, 0.29) is 13.2 Å². The monoisotopic (exact) mass is 510 g/mol. The van der Waals surface area contributed by atoms with E-state index < -0.39 is 11.9 Å². The van der Waals surface area contributed by atoms with E-state index in [0.29, 0.717) is 26.4 Å². The van der Waals surface area contributed by atoms with E-state index in [4.69, 9.17) is 18.9 Å². The van der Waals surface area contributed by atoms with Gasteiger partial charge < -0.3 is 18.9 Å². The number of hydrogen-bond donors (Lipinski definition) is 0. The van der Waals surface area contributed by atoms with Crippen molar-refractivity contribution in [2.45, 2.75) is 0 Å². The van der Waals surface area contributed by atoms with Crippen LogP contribution in [0.25, 0.3) is 0 Å². The van der Waals surface area contributed by atoms with Crippen LogP contribution in [0.15, 0.2) is 0 Å². The highest BCUT2D eigenvalue weighted by Crippen LogP contribution is 1.86. The van der Waals surface area contributed by atoms with E-state index in [1.807, 2.05) is 11.8 Å². The minimum absolute atomic E-state index is 0.114. The summed E-state index contributed by atoms with van der Waals surface area (Å²) in [5.41, 5.74) is 0. The van der Waals surface area contributed by atoms with Gasteiger partial charge in [-0.15, -0.1) is 0 Å². The number of alkyl halides is 2. The molecule has 0 aromatic carbocycles. The number of rotatable bonds is 10. The Morgan fingerprint density at radius 3 is 1.45 bits per heavy atom. The highest BCUT2D eigenvalue weighted by atomic mass is 127. The van der Waals surface area contributed by atoms with Crippen LogP contribution in [0.3, 0.4) is 0 Å². The molecule has 6 nitrogen and oxygen atoms in total. The lowest BCUT2D eigenvalue weighted by atomic mass is 10.5. The first kappa shape index (κ1) is 19.9. The zero-order valence-corrected chi connectivity index (χ0v) is 15.2. The Bertz CT molecular complexity index is 307. The van der Waals surface area contributed by atoms with Crippen LogP contribution in [-0.4, -0.2) is 60.4 Å². The number of carbonyl (C=O) groups is 2. The Morgan fingerprint density at radius 2 is 1.10 bits per heavy atom. The molecule has 0 fully saturated rings. The van der Waals surface area contributed by atoms with Crippen LogP contribution < -0.4 is 0 Å². The van der Waals surface area contributed by atoms with Gasteiger partial charge in [-0.3, -0.25) is 0 Å². The van der Waals surface area contributed by atoms with Crippen molar-refractivity contribution < 1.29 is 28.5 Å². The van der Waals surface area contributed by atoms with Crippen molar-refractivity contribution in [1.29, 1.82) is 0 Å². The molecule has 0 rings (SSSR count). The van der Waals surface area contributed by atoms with Gasteiger partial charge in [0, 0.05) is 20.7 Å². The lowest BCUT2D eigenvalue weighted by molar-refractivity contribution is -0.140. The first-order valence-corrected chi connectivity index (χ1v) is 8.88. The van der Waals surface area contributed by atoms with E-state index in [1.54, 1.807) is 0 Å². The molecule has 0 amide bonds. The van der Waals surface area contributed by atoms with Crippen LogP contribution in [0.2, 0.25) is 0 Å². The summed E-state index contributed by atoms with van der Waals surface area (Å²) in [5.74, 6) is 2.53. The molecule has 0 bridgehead atoms. The largest absolute Gasteiger partial charge is 0.454 e. The number of ether oxygens (including phenoxy) is 4. The predicted molar refractivity (Wildman–Crippen MR) is 89.1 cm³/mol. The lowest BCUT2D eigenvalue weighted by Crippen LogP contribution is -2.12. The maximum Gasteiger partial charge on any atom is 0.385 e. The normalized spacial score (nSPS) is 9.50. The molecule has 0 N–H and O–H groups in total. The maximum atomic E-state index is 11.1. The number of carbonyl (C=O) groups excluding carboxylic acids is 2. The van der Waals surface area contributed by atoms with E-state index in [1.165, 1.54) is 0 Å². The Labute approximate surface area is 145 Å². The molecule has 0 saturated heterocycles. The fourth-order valence-corrected chi connectivity index (χ4v) is 1.50. The molecule has 0 aromatic rings. The van der Waals surface area contributed by atoms with Gasteiger partial charge >= 0.3 is 11.9 Å². The van der Waals surface area contributed by atoms with E-state index in [0.717, 1.165) is 8.86 Å². The Hall–Kier alpha value is -0.120. The molecule has 0 aromatic heterocycles. The second-order valence-electron chi connectivity index (χ2n) is 3.12. The van der Waals surface area contributed by atoms with E-state index >= 15 is 0 Å². The van der Waals surface area contributed by atoms with Gasteiger partial charge in [-0.1, -0.05) is 45.2 Å². The first-order valence-electron chi connectivity index (χ1n) is 5.83. The van der Waals surface area contributed by atoms with Crippen molar-refractivity contribution in [3.63, 3.8) is 0 Å². The second-order valence-corrected chi connectivity index (χ2v) is 5.28. The van der Waals surface area contributed by atoms with Gasteiger partial charge in [0.2, 0.25) is 0 Å². The third kappa shape index (κ3) is 14.3. The van der Waals surface area contributed by atoms with Gasteiger partial charge in [0.25, 0.3) is 0 Å². The summed E-state index contributed by atoms with van der Waals surface area (Å²) in [7, 11) is 0. The van der Waals surface area contributed by atoms with Gasteiger partial charge in [0.05, 0.1) is 26.4 Å². The maximum absolute atomic E-state index is 11.1. The van der Waals surface area contributed by atoms with Crippen LogP contribution in [0.4, 0.5) is 0 Å². The molecular formula is C12H16I2O6. The molecule has 20 heavy (non-hydrogen) atoms. The summed E-state index contributed by atoms with van der Waals surface area (Å²) in [5, 5.41) is 0. The fourth-order valence-electron chi connectivity index (χ4n) is 0.874. The third-order valence-corrected chi connectivity index (χ3v) is 2.51. The number of esters is 2. The van der Waals surface area contributed by atoms with Crippen LogP contribution in [-0.2, 0) is 28.5 Å². The summed E-state index contributed by atoms with van der Waals surface area (Å²) in [6.07, 6.45) is 0. The quantitative estimate of drug-likeness (QED) is 0.109. The summed E-state index contributed by atoms with van der Waals surface area (Å²) in [6.45, 7) is 2.07. The summed E-state index contributed by atoms with van der Waals surface area (Å²) >= 11 is 4.35. The second kappa shape index (κ2) is 15.3. The lowest BCUT2D eigenvalue weighted by Gasteiger charge is -2.01. The van der Waals surface area contributed by atoms with Crippen LogP contribution in [0, 0.1) is 11.8 Å². The van der Waals surface area contributed by atoms with Crippen molar-refractivity contribution in [2.75, 3.05) is 48.5 Å². The molecule has 0 aliphatic heterocycles. The highest BCUT2D eigenvalue weighted by molar-refractivity contribution is 14.1. The minimum Gasteiger partial charge on any atom is -0.454 e. The molecule has 0 heterocycles. The van der Waals surface area contributed by atoms with Crippen molar-refractivity contribution in [1.82, 2.24) is 0 Å². The first-order chi connectivity index (χ1) is 9.70. The van der Waals surface area contributed by atoms with Crippen LogP contribution in [0.1, 0.15) is 0 Å². The van der Waals surface area contributed by atoms with Gasteiger partial charge in [-0.05, 0) is 0 Å². The summed E-state index contributed by atoms with van der Waals surface area (Å²) < 4.78 is 21.4. The molecule has 0 unspecified atom stereocenters. The van der Waals surface area contributed by atoms with Gasteiger partial charge in [0.15, 0.2) is 0 Å². The van der Waals surface area contributed by atoms with Crippen LogP contribution >= 0.6 is 45.2 Å². The van der Waals surface area contributed by atoms with E-state index in [2.05, 4.69) is 45.2 Å². The molecule has 0 saturated carbocycles. The van der Waals surface area contributed by atoms with Crippen molar-refractivity contribution in [2.24, 2.45) is 0 Å². The Kier molecular flexibility index (Phi) is 15.2. The zero-order chi connectivity index (χ0) is 15.1. The van der Waals surface area contributed by atoms with E-state index in [9.17, 15) is 9.59 Å². The molecule has 0 radical (unpaired) electrons. The van der Waals surface area contributed by atoms with Crippen molar-refractivity contribution >= 4 is 57.1 Å². The van der Waals surface area contributed by atoms with Gasteiger partial charge in [0.1, 0.15) is 13.2 Å². The standard InChI is InChI=1S/C12H16I2O6/c13-3-5-17-7-9-19-11(15)1-2-12(16)20-10-8-18-6-4-14/h3-10H2. The highest BCUT2D eigenvalue weighted by Gasteiger charge is 2.00. The van der Waals surface area contributed by atoms with Gasteiger partial charge in [-0.25, -0.2) is 9.59 Å². The average Bonchev–Trinajstić information content (AvgIpc) is 2.44. The molecule has 8 heteroatoms. The average molecular weight is 510 g/mol. The fraction of sp³-hybridized carbons (Fsp3) is 0.667. The zero-order valence-electron chi connectivity index (χ0n) is 10.9. The Morgan fingerprint density at radius 1 is 0.700 bits per heavy atom. The molecule has 0 spiro atoms. The summed E-state index contributed by atoms with van der Waals surface area (Å²) in [4.78, 5) is 22.2. The topological polar surface area (TPSA) is 71.1 Å². The third-order valence-electron chi connectivity index (χ3n) is 1.63. The van der Waals surface area contributed by atoms with Gasteiger partial charge in [-0.2, -0.15) is 0 Å². The Balaban J connectivity index is 3.60. The van der Waals surface area contributed by atoms with Crippen LogP contribution in [0.5, 0.6) is 0 Å². The molecular weight excluding hydrogens is 494 g/mol. The molecule has 0 aliphatic carbocycles. The smallest absolute Gasteiger partial charge is 0.385 e. The minimum atomic E-state index is -0.777. The molecule has 114 valence electrons.